The first kappa shape index (κ1) is 23.0. The van der Waals surface area contributed by atoms with E-state index in [0.717, 1.165) is 6.42 Å². The number of unbranched alkanes of at least 4 members (excludes halogenated alkanes) is 3. The van der Waals surface area contributed by atoms with Crippen molar-refractivity contribution in [2.75, 3.05) is 20.3 Å². The number of benzene rings is 1. The molecule has 0 spiro atoms. The van der Waals surface area contributed by atoms with Gasteiger partial charge in [0.2, 0.25) is 5.82 Å². The van der Waals surface area contributed by atoms with Crippen LogP contribution in [-0.2, 0) is 19.7 Å². The van der Waals surface area contributed by atoms with Gasteiger partial charge in [-0.15, -0.1) is 0 Å². The molecule has 0 heterocycles. The van der Waals surface area contributed by atoms with E-state index in [9.17, 15) is 22.0 Å². The second-order valence-electron chi connectivity index (χ2n) is 5.72. The van der Waals surface area contributed by atoms with E-state index in [4.69, 9.17) is 13.3 Å². The topological polar surface area (TPSA) is 27.7 Å². The van der Waals surface area contributed by atoms with Crippen molar-refractivity contribution in [3.8, 4) is 0 Å². The standard InChI is InChI=1S/C17H25F5O3Si/c1-4-24-26(23-3,25-5-2)11-9-7-6-8-10-12-13(18)15(20)17(22)16(21)14(12)19/h4-11H2,1-3H3. The van der Waals surface area contributed by atoms with Crippen LogP contribution in [0.25, 0.3) is 0 Å². The summed E-state index contributed by atoms with van der Waals surface area (Å²) in [5, 5.41) is 0. The molecule has 1 aromatic carbocycles. The fourth-order valence-electron chi connectivity index (χ4n) is 2.71. The van der Waals surface area contributed by atoms with Crippen LogP contribution in [0.5, 0.6) is 0 Å². The Morgan fingerprint density at radius 3 is 1.62 bits per heavy atom. The zero-order valence-corrected chi connectivity index (χ0v) is 16.3. The van der Waals surface area contributed by atoms with Gasteiger partial charge in [-0.2, -0.15) is 0 Å². The molecule has 9 heteroatoms. The molecule has 0 fully saturated rings. The monoisotopic (exact) mass is 400 g/mol. The Balaban J connectivity index is 2.51. The lowest BCUT2D eigenvalue weighted by atomic mass is 10.0. The molecule has 0 aliphatic heterocycles. The summed E-state index contributed by atoms with van der Waals surface area (Å²) in [5.74, 6) is -9.43. The molecule has 0 saturated heterocycles. The van der Waals surface area contributed by atoms with Crippen molar-refractivity contribution >= 4 is 8.80 Å². The molecule has 1 rings (SSSR count). The molecule has 26 heavy (non-hydrogen) atoms. The molecular weight excluding hydrogens is 375 g/mol. The molecule has 0 unspecified atom stereocenters. The van der Waals surface area contributed by atoms with Crippen molar-refractivity contribution in [2.45, 2.75) is 52.0 Å². The van der Waals surface area contributed by atoms with Crippen LogP contribution in [0.1, 0.15) is 45.1 Å². The van der Waals surface area contributed by atoms with Crippen LogP contribution < -0.4 is 0 Å². The lowest BCUT2D eigenvalue weighted by molar-refractivity contribution is 0.0859. The van der Waals surface area contributed by atoms with Gasteiger partial charge < -0.3 is 13.3 Å². The lowest BCUT2D eigenvalue weighted by Gasteiger charge is -2.27. The maximum Gasteiger partial charge on any atom is 0.500 e. The summed E-state index contributed by atoms with van der Waals surface area (Å²) >= 11 is 0. The summed E-state index contributed by atoms with van der Waals surface area (Å²) in [6, 6.07) is 0.605. The van der Waals surface area contributed by atoms with Gasteiger partial charge in [-0.25, -0.2) is 22.0 Å². The van der Waals surface area contributed by atoms with Gasteiger partial charge in [0, 0.05) is 31.9 Å². The Kier molecular flexibility index (Phi) is 9.70. The zero-order chi connectivity index (χ0) is 19.7. The lowest BCUT2D eigenvalue weighted by Crippen LogP contribution is -2.44. The van der Waals surface area contributed by atoms with E-state index in [1.807, 2.05) is 13.8 Å². The number of hydrogen-bond donors (Lipinski definition) is 0. The van der Waals surface area contributed by atoms with Crippen LogP contribution in [0, 0.1) is 29.1 Å². The Morgan fingerprint density at radius 2 is 1.15 bits per heavy atom. The third kappa shape index (κ3) is 5.73. The molecule has 0 saturated carbocycles. The maximum atomic E-state index is 13.6. The van der Waals surface area contributed by atoms with E-state index >= 15 is 0 Å². The minimum Gasteiger partial charge on any atom is -0.377 e. The van der Waals surface area contributed by atoms with Crippen molar-refractivity contribution in [2.24, 2.45) is 0 Å². The van der Waals surface area contributed by atoms with E-state index in [-0.39, 0.29) is 6.42 Å². The van der Waals surface area contributed by atoms with E-state index in [0.29, 0.717) is 38.5 Å². The van der Waals surface area contributed by atoms with Crippen LogP contribution in [0.15, 0.2) is 0 Å². The fourth-order valence-corrected chi connectivity index (χ4v) is 5.09. The van der Waals surface area contributed by atoms with E-state index in [1.165, 1.54) is 0 Å². The highest BCUT2D eigenvalue weighted by atomic mass is 28.4. The molecule has 0 amide bonds. The van der Waals surface area contributed by atoms with Crippen molar-refractivity contribution in [3.63, 3.8) is 0 Å². The molecule has 0 N–H and O–H groups in total. The molecule has 0 aliphatic rings. The number of halogens is 5. The van der Waals surface area contributed by atoms with Crippen LogP contribution >= 0.6 is 0 Å². The highest BCUT2D eigenvalue weighted by Gasteiger charge is 2.38. The third-order valence-corrected chi connectivity index (χ3v) is 7.04. The first-order valence-corrected chi connectivity index (χ1v) is 10.6. The highest BCUT2D eigenvalue weighted by Crippen LogP contribution is 2.25. The van der Waals surface area contributed by atoms with Crippen molar-refractivity contribution in [1.29, 1.82) is 0 Å². The summed E-state index contributed by atoms with van der Waals surface area (Å²) in [6.07, 6.45) is 2.09. The average Bonchev–Trinajstić information content (AvgIpc) is 2.63. The predicted octanol–water partition coefficient (Wildman–Crippen LogP) is 5.14. The van der Waals surface area contributed by atoms with Gasteiger partial charge in [0.25, 0.3) is 0 Å². The second-order valence-corrected chi connectivity index (χ2v) is 8.57. The molecule has 0 bridgehead atoms. The average molecular weight is 400 g/mol. The Bertz CT molecular complexity index is 551. The first-order valence-electron chi connectivity index (χ1n) is 8.66. The minimum absolute atomic E-state index is 0.213. The normalized spacial score (nSPS) is 12.0. The summed E-state index contributed by atoms with van der Waals surface area (Å²) < 4.78 is 83.2. The molecule has 150 valence electrons. The second kappa shape index (κ2) is 11.0. The van der Waals surface area contributed by atoms with Crippen LogP contribution in [0.4, 0.5) is 22.0 Å². The van der Waals surface area contributed by atoms with Crippen molar-refractivity contribution < 1.29 is 35.2 Å². The van der Waals surface area contributed by atoms with Crippen molar-refractivity contribution in [3.05, 3.63) is 34.6 Å². The Morgan fingerprint density at radius 1 is 0.692 bits per heavy atom. The highest BCUT2D eigenvalue weighted by molar-refractivity contribution is 6.60. The molecule has 0 radical (unpaired) electrons. The molecule has 0 atom stereocenters. The molecule has 1 aromatic rings. The van der Waals surface area contributed by atoms with Gasteiger partial charge >= 0.3 is 8.80 Å². The van der Waals surface area contributed by atoms with E-state index < -0.39 is 43.5 Å². The SMILES string of the molecule is CCO[Si](CCCCCCc1c(F)c(F)c(F)c(F)c1F)(OC)OCC. The molecular formula is C17H25F5O3Si. The fraction of sp³-hybridized carbons (Fsp3) is 0.647. The van der Waals surface area contributed by atoms with Crippen LogP contribution in [0.3, 0.4) is 0 Å². The zero-order valence-electron chi connectivity index (χ0n) is 15.3. The van der Waals surface area contributed by atoms with Gasteiger partial charge in [-0.3, -0.25) is 0 Å². The largest absolute Gasteiger partial charge is 0.500 e. The summed E-state index contributed by atoms with van der Waals surface area (Å²) in [5.41, 5.74) is -0.759. The van der Waals surface area contributed by atoms with Crippen LogP contribution in [-0.4, -0.2) is 29.1 Å². The van der Waals surface area contributed by atoms with E-state index in [2.05, 4.69) is 0 Å². The minimum atomic E-state index is -2.69. The number of rotatable bonds is 12. The number of hydrogen-bond acceptors (Lipinski definition) is 3. The van der Waals surface area contributed by atoms with Gasteiger partial charge in [0.1, 0.15) is 0 Å². The van der Waals surface area contributed by atoms with E-state index in [1.54, 1.807) is 7.11 Å². The first-order chi connectivity index (χ1) is 12.3. The van der Waals surface area contributed by atoms with Crippen LogP contribution in [0.2, 0.25) is 6.04 Å². The van der Waals surface area contributed by atoms with Crippen molar-refractivity contribution in [1.82, 2.24) is 0 Å². The van der Waals surface area contributed by atoms with Gasteiger partial charge in [0.05, 0.1) is 0 Å². The Hall–Kier alpha value is -1.03. The summed E-state index contributed by atoms with van der Waals surface area (Å²) in [6.45, 7) is 4.65. The predicted molar refractivity (Wildman–Crippen MR) is 89.2 cm³/mol. The summed E-state index contributed by atoms with van der Waals surface area (Å²) in [7, 11) is -1.15. The maximum absolute atomic E-state index is 13.6. The molecule has 0 aromatic heterocycles. The van der Waals surface area contributed by atoms with Gasteiger partial charge in [-0.1, -0.05) is 12.8 Å². The van der Waals surface area contributed by atoms with Gasteiger partial charge in [-0.05, 0) is 33.1 Å². The van der Waals surface area contributed by atoms with Gasteiger partial charge in [0.15, 0.2) is 23.3 Å². The molecule has 3 nitrogen and oxygen atoms in total. The summed E-state index contributed by atoms with van der Waals surface area (Å²) in [4.78, 5) is 0. The smallest absolute Gasteiger partial charge is 0.377 e. The third-order valence-electron chi connectivity index (χ3n) is 4.00. The quantitative estimate of drug-likeness (QED) is 0.160. The molecule has 0 aliphatic carbocycles. The Labute approximate surface area is 151 Å².